The predicted molar refractivity (Wildman–Crippen MR) is 128 cm³/mol. The zero-order valence-electron chi connectivity index (χ0n) is 19.3. The third kappa shape index (κ3) is 5.21. The van der Waals surface area contributed by atoms with Crippen LogP contribution in [0.2, 0.25) is 0 Å². The second-order valence-electron chi connectivity index (χ2n) is 10.2. The minimum Gasteiger partial charge on any atom is -0.369 e. The van der Waals surface area contributed by atoms with Crippen molar-refractivity contribution in [1.82, 2.24) is 4.90 Å². The molecule has 1 aliphatic heterocycles. The summed E-state index contributed by atoms with van der Waals surface area (Å²) in [5, 5.41) is 3.32. The van der Waals surface area contributed by atoms with Gasteiger partial charge in [-0.15, -0.1) is 0 Å². The predicted octanol–water partition coefficient (Wildman–Crippen LogP) is 5.72. The molecule has 32 heavy (non-hydrogen) atoms. The van der Waals surface area contributed by atoms with Crippen LogP contribution in [0.15, 0.2) is 40.5 Å². The van der Waals surface area contributed by atoms with Crippen molar-refractivity contribution in [2.45, 2.75) is 95.1 Å². The summed E-state index contributed by atoms with van der Waals surface area (Å²) in [6.07, 6.45) is 15.2. The summed E-state index contributed by atoms with van der Waals surface area (Å²) < 4.78 is 0. The van der Waals surface area contributed by atoms with Gasteiger partial charge in [0.15, 0.2) is 5.96 Å². The van der Waals surface area contributed by atoms with E-state index >= 15 is 0 Å². The van der Waals surface area contributed by atoms with Crippen LogP contribution in [0, 0.1) is 16.7 Å². The highest BCUT2D eigenvalue weighted by atomic mass is 16.3. The lowest BCUT2D eigenvalue weighted by atomic mass is 9.75. The molecule has 2 saturated carbocycles. The molecular formula is C26H38N4O2. The Morgan fingerprint density at radius 1 is 1.00 bits per heavy atom. The first kappa shape index (κ1) is 22.9. The fourth-order valence-corrected chi connectivity index (χ4v) is 6.09. The van der Waals surface area contributed by atoms with E-state index < -0.39 is 11.6 Å². The highest BCUT2D eigenvalue weighted by Gasteiger charge is 2.49. The minimum absolute atomic E-state index is 0.0130. The lowest BCUT2D eigenvalue weighted by Crippen LogP contribution is -2.47. The summed E-state index contributed by atoms with van der Waals surface area (Å²) in [5.41, 5.74) is 6.40. The van der Waals surface area contributed by atoms with E-state index in [0.717, 1.165) is 24.8 Å². The highest BCUT2D eigenvalue weighted by molar-refractivity contribution is 6.06. The molecule has 1 aromatic carbocycles. The third-order valence-corrected chi connectivity index (χ3v) is 7.96. The van der Waals surface area contributed by atoms with Gasteiger partial charge in [-0.05, 0) is 36.7 Å². The average Bonchev–Trinajstić information content (AvgIpc) is 3.07. The van der Waals surface area contributed by atoms with Crippen molar-refractivity contribution in [2.75, 3.05) is 6.54 Å². The SMILES string of the molecule is NC1=NC(CCC2CCCCC2)(CC2CCCCC2)C(=O)N1CC(N=O)c1ccccc1. The Kier molecular flexibility index (Phi) is 7.59. The van der Waals surface area contributed by atoms with Gasteiger partial charge in [-0.2, -0.15) is 4.91 Å². The van der Waals surface area contributed by atoms with E-state index in [1.54, 1.807) is 4.90 Å². The first-order chi connectivity index (χ1) is 15.6. The third-order valence-electron chi connectivity index (χ3n) is 7.96. The topological polar surface area (TPSA) is 88.1 Å². The van der Waals surface area contributed by atoms with Crippen LogP contribution in [0.1, 0.15) is 95.1 Å². The van der Waals surface area contributed by atoms with Gasteiger partial charge in [0.25, 0.3) is 5.91 Å². The van der Waals surface area contributed by atoms with Gasteiger partial charge in [0.05, 0.1) is 6.54 Å². The zero-order valence-corrected chi connectivity index (χ0v) is 19.3. The largest absolute Gasteiger partial charge is 0.369 e. The maximum absolute atomic E-state index is 13.9. The molecule has 6 nitrogen and oxygen atoms in total. The standard InChI is InChI=1S/C26H38N4O2/c27-25-28-26(18-21-12-6-2-7-13-21,17-16-20-10-4-1-5-11-20)24(31)30(25)19-23(29-32)22-14-8-3-9-15-22/h3,8-9,14-15,20-21,23H,1-2,4-7,10-13,16-19H2,(H2,27,28). The number of nitroso groups, excluding NO2 is 1. The number of benzene rings is 1. The highest BCUT2D eigenvalue weighted by Crippen LogP contribution is 2.41. The molecule has 0 aromatic heterocycles. The van der Waals surface area contributed by atoms with E-state index in [-0.39, 0.29) is 18.4 Å². The van der Waals surface area contributed by atoms with Crippen molar-refractivity contribution in [3.05, 3.63) is 40.8 Å². The van der Waals surface area contributed by atoms with Crippen LogP contribution in [-0.2, 0) is 4.79 Å². The molecule has 0 bridgehead atoms. The molecule has 0 spiro atoms. The Morgan fingerprint density at radius 2 is 1.62 bits per heavy atom. The number of aliphatic imine (C=N–C) groups is 1. The molecule has 2 fully saturated rings. The molecular weight excluding hydrogens is 400 g/mol. The number of rotatable bonds is 9. The van der Waals surface area contributed by atoms with E-state index in [1.807, 2.05) is 30.3 Å². The Morgan fingerprint density at radius 3 is 2.25 bits per heavy atom. The molecule has 1 aromatic rings. The summed E-state index contributed by atoms with van der Waals surface area (Å²) in [5.74, 6) is 1.48. The maximum Gasteiger partial charge on any atom is 0.257 e. The second kappa shape index (κ2) is 10.6. The van der Waals surface area contributed by atoms with Crippen LogP contribution in [-0.4, -0.2) is 28.9 Å². The monoisotopic (exact) mass is 438 g/mol. The van der Waals surface area contributed by atoms with Gasteiger partial charge >= 0.3 is 0 Å². The number of carbonyl (C=O) groups excluding carboxylic acids is 1. The van der Waals surface area contributed by atoms with E-state index in [9.17, 15) is 9.70 Å². The Hall–Kier alpha value is -2.24. The lowest BCUT2D eigenvalue weighted by Gasteiger charge is -2.33. The number of nitrogens with zero attached hydrogens (tertiary/aromatic N) is 3. The quantitative estimate of drug-likeness (QED) is 0.500. The Labute approximate surface area is 192 Å². The fourth-order valence-electron chi connectivity index (χ4n) is 6.09. The normalized spacial score (nSPS) is 26.2. The molecule has 2 aliphatic carbocycles. The smallest absolute Gasteiger partial charge is 0.257 e. The van der Waals surface area contributed by atoms with Crippen molar-refractivity contribution in [2.24, 2.45) is 27.7 Å². The number of hydrogen-bond donors (Lipinski definition) is 1. The summed E-state index contributed by atoms with van der Waals surface area (Å²) >= 11 is 0. The van der Waals surface area contributed by atoms with Crippen LogP contribution in [0.25, 0.3) is 0 Å². The van der Waals surface area contributed by atoms with E-state index in [2.05, 4.69) is 5.18 Å². The molecule has 2 unspecified atom stereocenters. The summed E-state index contributed by atoms with van der Waals surface area (Å²) in [7, 11) is 0. The average molecular weight is 439 g/mol. The van der Waals surface area contributed by atoms with E-state index in [4.69, 9.17) is 10.7 Å². The van der Waals surface area contributed by atoms with Crippen LogP contribution in [0.5, 0.6) is 0 Å². The number of nitrogens with two attached hydrogens (primary N) is 1. The minimum atomic E-state index is -0.756. The molecule has 1 heterocycles. The van der Waals surface area contributed by atoms with Crippen LogP contribution in [0.3, 0.4) is 0 Å². The molecule has 174 valence electrons. The number of carbonyl (C=O) groups is 1. The molecule has 0 saturated heterocycles. The van der Waals surface area contributed by atoms with Crippen LogP contribution >= 0.6 is 0 Å². The molecule has 6 heteroatoms. The summed E-state index contributed by atoms with van der Waals surface area (Å²) in [6, 6.07) is 8.78. The summed E-state index contributed by atoms with van der Waals surface area (Å²) in [4.78, 5) is 31.9. The summed E-state index contributed by atoms with van der Waals surface area (Å²) in [6.45, 7) is 0.164. The molecule has 2 atom stereocenters. The number of amides is 1. The van der Waals surface area contributed by atoms with Gasteiger partial charge in [0.1, 0.15) is 11.6 Å². The van der Waals surface area contributed by atoms with Crippen LogP contribution < -0.4 is 5.73 Å². The maximum atomic E-state index is 13.9. The van der Waals surface area contributed by atoms with Gasteiger partial charge in [-0.1, -0.05) is 99.7 Å². The number of guanidine groups is 1. The van der Waals surface area contributed by atoms with Gasteiger partial charge in [-0.3, -0.25) is 9.69 Å². The van der Waals surface area contributed by atoms with E-state index in [1.165, 1.54) is 64.2 Å². The lowest BCUT2D eigenvalue weighted by molar-refractivity contribution is -0.132. The first-order valence-corrected chi connectivity index (χ1v) is 12.7. The van der Waals surface area contributed by atoms with Gasteiger partial charge in [0.2, 0.25) is 0 Å². The van der Waals surface area contributed by atoms with Crippen molar-refractivity contribution in [3.8, 4) is 0 Å². The Balaban J connectivity index is 1.52. The first-order valence-electron chi connectivity index (χ1n) is 12.7. The van der Waals surface area contributed by atoms with Gasteiger partial charge in [-0.25, -0.2) is 4.99 Å². The van der Waals surface area contributed by atoms with Crippen molar-refractivity contribution in [1.29, 1.82) is 0 Å². The fraction of sp³-hybridized carbons (Fsp3) is 0.692. The van der Waals surface area contributed by atoms with Crippen molar-refractivity contribution < 1.29 is 4.79 Å². The van der Waals surface area contributed by atoms with Crippen molar-refractivity contribution in [3.63, 3.8) is 0 Å². The zero-order chi connectivity index (χ0) is 22.4. The molecule has 3 aliphatic rings. The van der Waals surface area contributed by atoms with Crippen LogP contribution in [0.4, 0.5) is 0 Å². The van der Waals surface area contributed by atoms with Gasteiger partial charge < -0.3 is 5.73 Å². The second-order valence-corrected chi connectivity index (χ2v) is 10.2. The van der Waals surface area contributed by atoms with Crippen molar-refractivity contribution >= 4 is 11.9 Å². The van der Waals surface area contributed by atoms with Gasteiger partial charge in [0, 0.05) is 0 Å². The van der Waals surface area contributed by atoms with E-state index in [0.29, 0.717) is 11.8 Å². The molecule has 2 N–H and O–H groups in total. The number of hydrogen-bond acceptors (Lipinski definition) is 5. The molecule has 4 rings (SSSR count). The Bertz CT molecular complexity index is 799. The molecule has 1 amide bonds. The molecule has 0 radical (unpaired) electrons.